The number of alkyl carbamates (subject to hydrolysis) is 1. The van der Waals surface area contributed by atoms with Crippen LogP contribution in [-0.4, -0.2) is 45.1 Å². The third kappa shape index (κ3) is 4.29. The quantitative estimate of drug-likeness (QED) is 0.702. The Hall–Kier alpha value is -2.90. The average molecular weight is 325 g/mol. The van der Waals surface area contributed by atoms with Crippen molar-refractivity contribution in [2.75, 3.05) is 27.9 Å². The zero-order valence-corrected chi connectivity index (χ0v) is 13.1. The first-order valence-corrected chi connectivity index (χ1v) is 6.55. The molecular weight excluding hydrogens is 306 g/mol. The Bertz CT molecular complexity index is 585. The highest BCUT2D eigenvalue weighted by Gasteiger charge is 2.29. The van der Waals surface area contributed by atoms with Crippen molar-refractivity contribution in [3.8, 4) is 17.2 Å². The summed E-state index contributed by atoms with van der Waals surface area (Å²) in [5.74, 6) is -0.555. The number of amides is 1. The van der Waals surface area contributed by atoms with Gasteiger partial charge in [0.2, 0.25) is 5.75 Å². The molecule has 1 rings (SSSR count). The molecule has 1 unspecified atom stereocenters. The molecule has 0 radical (unpaired) electrons. The predicted octanol–water partition coefficient (Wildman–Crippen LogP) is 1.75. The number of ether oxygens (including phenoxy) is 4. The molecule has 0 aliphatic carbocycles. The summed E-state index contributed by atoms with van der Waals surface area (Å²) in [4.78, 5) is 23.1. The number of carboxylic acid groups (broad SMARTS) is 1. The van der Waals surface area contributed by atoms with Gasteiger partial charge >= 0.3 is 12.1 Å². The first-order chi connectivity index (χ1) is 11.0. The second kappa shape index (κ2) is 8.52. The van der Waals surface area contributed by atoms with Crippen LogP contribution in [0.5, 0.6) is 17.2 Å². The second-order valence-electron chi connectivity index (χ2n) is 4.23. The van der Waals surface area contributed by atoms with Crippen LogP contribution < -0.4 is 19.5 Å². The van der Waals surface area contributed by atoms with E-state index in [-0.39, 0.29) is 23.7 Å². The van der Waals surface area contributed by atoms with Gasteiger partial charge in [0.15, 0.2) is 17.5 Å². The SMILES string of the molecule is C=CCOC(=O)NC(C(=O)O)c1ccc(OC)c(OC)c1OC. The summed E-state index contributed by atoms with van der Waals surface area (Å²) in [6, 6.07) is 1.60. The van der Waals surface area contributed by atoms with E-state index in [4.69, 9.17) is 18.9 Å². The monoisotopic (exact) mass is 325 g/mol. The van der Waals surface area contributed by atoms with Gasteiger partial charge < -0.3 is 29.4 Å². The molecule has 0 saturated heterocycles. The Kier molecular flexibility index (Phi) is 6.72. The fourth-order valence-corrected chi connectivity index (χ4v) is 1.92. The fraction of sp³-hybridized carbons (Fsp3) is 0.333. The van der Waals surface area contributed by atoms with Crippen molar-refractivity contribution < 1.29 is 33.6 Å². The first kappa shape index (κ1) is 18.1. The van der Waals surface area contributed by atoms with Crippen LogP contribution in [0.3, 0.4) is 0 Å². The van der Waals surface area contributed by atoms with E-state index in [1.54, 1.807) is 0 Å². The minimum Gasteiger partial charge on any atom is -0.493 e. The third-order valence-corrected chi connectivity index (χ3v) is 2.89. The smallest absolute Gasteiger partial charge is 0.408 e. The van der Waals surface area contributed by atoms with Gasteiger partial charge in [-0.3, -0.25) is 0 Å². The molecule has 0 spiro atoms. The van der Waals surface area contributed by atoms with Crippen molar-refractivity contribution in [3.63, 3.8) is 0 Å². The van der Waals surface area contributed by atoms with Crippen molar-refractivity contribution in [1.82, 2.24) is 5.32 Å². The molecule has 1 aromatic rings. The number of hydrogen-bond acceptors (Lipinski definition) is 6. The van der Waals surface area contributed by atoms with Gasteiger partial charge in [-0.2, -0.15) is 0 Å². The molecule has 2 N–H and O–H groups in total. The molecule has 0 aliphatic heterocycles. The molecule has 1 atom stereocenters. The van der Waals surface area contributed by atoms with E-state index in [0.29, 0.717) is 5.75 Å². The van der Waals surface area contributed by atoms with Gasteiger partial charge in [0.05, 0.1) is 21.3 Å². The molecule has 8 nitrogen and oxygen atoms in total. The summed E-state index contributed by atoms with van der Waals surface area (Å²) in [6.07, 6.45) is 0.473. The van der Waals surface area contributed by atoms with E-state index in [0.717, 1.165) is 0 Å². The van der Waals surface area contributed by atoms with E-state index in [1.165, 1.54) is 39.5 Å². The lowest BCUT2D eigenvalue weighted by Gasteiger charge is -2.20. The maximum Gasteiger partial charge on any atom is 0.408 e. The van der Waals surface area contributed by atoms with Gasteiger partial charge in [0.1, 0.15) is 6.61 Å². The minimum absolute atomic E-state index is 0.0404. The van der Waals surface area contributed by atoms with Crippen LogP contribution in [0, 0.1) is 0 Å². The molecule has 0 saturated carbocycles. The zero-order chi connectivity index (χ0) is 17.4. The summed E-state index contributed by atoms with van der Waals surface area (Å²) < 4.78 is 20.3. The zero-order valence-electron chi connectivity index (χ0n) is 13.1. The van der Waals surface area contributed by atoms with Crippen LogP contribution in [-0.2, 0) is 9.53 Å². The van der Waals surface area contributed by atoms with Crippen LogP contribution in [0.15, 0.2) is 24.8 Å². The van der Waals surface area contributed by atoms with Crippen LogP contribution in [0.25, 0.3) is 0 Å². The summed E-state index contributed by atoms with van der Waals surface area (Å²) in [5.41, 5.74) is 0.188. The number of carboxylic acids is 1. The van der Waals surface area contributed by atoms with Crippen LogP contribution in [0.4, 0.5) is 4.79 Å². The fourth-order valence-electron chi connectivity index (χ4n) is 1.92. The molecule has 0 heterocycles. The molecule has 1 amide bonds. The number of nitrogens with one attached hydrogen (secondary N) is 1. The number of carbonyl (C=O) groups is 2. The Morgan fingerprint density at radius 2 is 1.87 bits per heavy atom. The van der Waals surface area contributed by atoms with Gasteiger partial charge in [-0.1, -0.05) is 12.7 Å². The molecule has 8 heteroatoms. The molecule has 0 bridgehead atoms. The normalized spacial score (nSPS) is 11.1. The Morgan fingerprint density at radius 1 is 1.22 bits per heavy atom. The highest BCUT2D eigenvalue weighted by molar-refractivity contribution is 5.83. The predicted molar refractivity (Wildman–Crippen MR) is 81.2 cm³/mol. The number of rotatable bonds is 8. The lowest BCUT2D eigenvalue weighted by molar-refractivity contribution is -0.139. The summed E-state index contributed by atoms with van der Waals surface area (Å²) in [5, 5.41) is 11.6. The Balaban J connectivity index is 3.24. The molecule has 126 valence electrons. The summed E-state index contributed by atoms with van der Waals surface area (Å²) in [6.45, 7) is 3.36. The molecule has 1 aromatic carbocycles. The Morgan fingerprint density at radius 3 is 2.35 bits per heavy atom. The molecule has 0 aromatic heterocycles. The van der Waals surface area contributed by atoms with Gasteiger partial charge in [0.25, 0.3) is 0 Å². The van der Waals surface area contributed by atoms with Crippen LogP contribution >= 0.6 is 0 Å². The number of benzene rings is 1. The number of methoxy groups -OCH3 is 3. The van der Waals surface area contributed by atoms with E-state index in [1.807, 2.05) is 0 Å². The van der Waals surface area contributed by atoms with Gasteiger partial charge in [-0.25, -0.2) is 9.59 Å². The van der Waals surface area contributed by atoms with Crippen molar-refractivity contribution in [3.05, 3.63) is 30.4 Å². The highest BCUT2D eigenvalue weighted by atomic mass is 16.5. The Labute approximate surface area is 133 Å². The summed E-state index contributed by atoms with van der Waals surface area (Å²) in [7, 11) is 4.19. The molecule has 23 heavy (non-hydrogen) atoms. The van der Waals surface area contributed by atoms with Crippen LogP contribution in [0.2, 0.25) is 0 Å². The number of hydrogen-bond donors (Lipinski definition) is 2. The average Bonchev–Trinajstić information content (AvgIpc) is 2.55. The molecule has 0 aliphatic rings. The van der Waals surface area contributed by atoms with E-state index >= 15 is 0 Å². The van der Waals surface area contributed by atoms with Gasteiger partial charge in [-0.15, -0.1) is 0 Å². The number of aliphatic carboxylic acids is 1. The largest absolute Gasteiger partial charge is 0.493 e. The maximum absolute atomic E-state index is 11.6. The summed E-state index contributed by atoms with van der Waals surface area (Å²) >= 11 is 0. The standard InChI is InChI=1S/C15H19NO7/c1-5-8-23-15(19)16-11(14(17)18)9-6-7-10(20-2)13(22-4)12(9)21-3/h5-7,11H,1,8H2,2-4H3,(H,16,19)(H,17,18). The number of carbonyl (C=O) groups excluding carboxylic acids is 1. The van der Waals surface area contributed by atoms with Crippen LogP contribution in [0.1, 0.15) is 11.6 Å². The maximum atomic E-state index is 11.6. The van der Waals surface area contributed by atoms with Crippen molar-refractivity contribution in [1.29, 1.82) is 0 Å². The van der Waals surface area contributed by atoms with Crippen molar-refractivity contribution in [2.24, 2.45) is 0 Å². The topological polar surface area (TPSA) is 103 Å². The van der Waals surface area contributed by atoms with Gasteiger partial charge in [0, 0.05) is 5.56 Å². The van der Waals surface area contributed by atoms with Crippen molar-refractivity contribution >= 4 is 12.1 Å². The van der Waals surface area contributed by atoms with E-state index in [2.05, 4.69) is 11.9 Å². The minimum atomic E-state index is -1.39. The van der Waals surface area contributed by atoms with Gasteiger partial charge in [-0.05, 0) is 12.1 Å². The first-order valence-electron chi connectivity index (χ1n) is 6.55. The lowest BCUT2D eigenvalue weighted by Crippen LogP contribution is -2.34. The van der Waals surface area contributed by atoms with Crippen molar-refractivity contribution in [2.45, 2.75) is 6.04 Å². The van der Waals surface area contributed by atoms with E-state index in [9.17, 15) is 14.7 Å². The lowest BCUT2D eigenvalue weighted by atomic mass is 10.0. The van der Waals surface area contributed by atoms with E-state index < -0.39 is 18.1 Å². The highest BCUT2D eigenvalue weighted by Crippen LogP contribution is 2.42. The third-order valence-electron chi connectivity index (χ3n) is 2.89. The second-order valence-corrected chi connectivity index (χ2v) is 4.23. The molecule has 0 fully saturated rings. The molecular formula is C15H19NO7.